The average molecular weight is 495 g/mol. The van der Waals surface area contributed by atoms with Gasteiger partial charge in [0.2, 0.25) is 5.91 Å². The van der Waals surface area contributed by atoms with Crippen LogP contribution in [0.1, 0.15) is 42.4 Å². The van der Waals surface area contributed by atoms with Gasteiger partial charge < -0.3 is 5.32 Å². The highest BCUT2D eigenvalue weighted by molar-refractivity contribution is 9.10. The van der Waals surface area contributed by atoms with Gasteiger partial charge in [0, 0.05) is 41.3 Å². The normalized spacial score (nSPS) is 13.8. The quantitative estimate of drug-likeness (QED) is 0.553. The Kier molecular flexibility index (Phi) is 6.86. The Labute approximate surface area is 196 Å². The summed E-state index contributed by atoms with van der Waals surface area (Å²) in [6.45, 7) is 6.23. The Bertz CT molecular complexity index is 1160. The zero-order chi connectivity index (χ0) is 22.7. The first kappa shape index (κ1) is 22.4. The second-order valence-electron chi connectivity index (χ2n) is 8.44. The van der Waals surface area contributed by atoms with E-state index in [9.17, 15) is 9.59 Å². The van der Waals surface area contributed by atoms with Crippen molar-refractivity contribution < 1.29 is 4.79 Å². The standard InChI is InChI=1S/C25H27BrN4O2/c1-17(2)24-28-22-15-29(14-18-6-4-3-5-7-18)13-12-21(22)25(32)30(24)16-23(31)27-20-10-8-19(26)9-11-20/h3-11,17H,12-16H2,1-2H3,(H,27,31). The smallest absolute Gasteiger partial charge is 0.257 e. The second-order valence-corrected chi connectivity index (χ2v) is 9.36. The molecule has 0 unspecified atom stereocenters. The zero-order valence-corrected chi connectivity index (χ0v) is 19.9. The third kappa shape index (κ3) is 5.16. The summed E-state index contributed by atoms with van der Waals surface area (Å²) in [5.74, 6) is 0.443. The molecular weight excluding hydrogens is 468 g/mol. The van der Waals surface area contributed by atoms with Gasteiger partial charge in [-0.3, -0.25) is 19.1 Å². The number of hydrogen-bond donors (Lipinski definition) is 1. The lowest BCUT2D eigenvalue weighted by Gasteiger charge is -2.29. The van der Waals surface area contributed by atoms with E-state index in [0.29, 0.717) is 24.5 Å². The molecule has 32 heavy (non-hydrogen) atoms. The van der Waals surface area contributed by atoms with Crippen LogP contribution in [0.3, 0.4) is 0 Å². The number of carbonyl (C=O) groups excluding carboxylic acids is 1. The van der Waals surface area contributed by atoms with Crippen molar-refractivity contribution in [2.24, 2.45) is 0 Å². The number of amides is 1. The number of aromatic nitrogens is 2. The summed E-state index contributed by atoms with van der Waals surface area (Å²) in [6, 6.07) is 17.7. The van der Waals surface area contributed by atoms with Gasteiger partial charge in [-0.2, -0.15) is 0 Å². The van der Waals surface area contributed by atoms with Gasteiger partial charge in [0.25, 0.3) is 5.56 Å². The monoisotopic (exact) mass is 494 g/mol. The van der Waals surface area contributed by atoms with Gasteiger partial charge in [0.15, 0.2) is 0 Å². The first-order chi connectivity index (χ1) is 15.4. The molecule has 7 heteroatoms. The van der Waals surface area contributed by atoms with E-state index in [4.69, 9.17) is 4.98 Å². The predicted octanol–water partition coefficient (Wildman–Crippen LogP) is 4.33. The van der Waals surface area contributed by atoms with Crippen molar-refractivity contribution in [3.05, 3.63) is 92.1 Å². The summed E-state index contributed by atoms with van der Waals surface area (Å²) >= 11 is 3.39. The summed E-state index contributed by atoms with van der Waals surface area (Å²) in [4.78, 5) is 33.2. The summed E-state index contributed by atoms with van der Waals surface area (Å²) in [5, 5.41) is 2.87. The fourth-order valence-corrected chi connectivity index (χ4v) is 4.31. The van der Waals surface area contributed by atoms with Gasteiger partial charge in [-0.15, -0.1) is 0 Å². The van der Waals surface area contributed by atoms with Crippen LogP contribution in [0.15, 0.2) is 63.9 Å². The minimum atomic E-state index is -0.236. The van der Waals surface area contributed by atoms with Gasteiger partial charge in [0.1, 0.15) is 12.4 Å². The van der Waals surface area contributed by atoms with Crippen molar-refractivity contribution in [3.63, 3.8) is 0 Å². The molecule has 6 nitrogen and oxygen atoms in total. The van der Waals surface area contributed by atoms with E-state index in [1.807, 2.05) is 56.3 Å². The highest BCUT2D eigenvalue weighted by Crippen LogP contribution is 2.20. The first-order valence-electron chi connectivity index (χ1n) is 10.8. The van der Waals surface area contributed by atoms with E-state index in [0.717, 1.165) is 28.8 Å². The number of hydrogen-bond acceptors (Lipinski definition) is 4. The topological polar surface area (TPSA) is 67.2 Å². The maximum absolute atomic E-state index is 13.4. The van der Waals surface area contributed by atoms with Crippen LogP contribution in [0.4, 0.5) is 5.69 Å². The van der Waals surface area contributed by atoms with E-state index >= 15 is 0 Å². The Morgan fingerprint density at radius 1 is 1.12 bits per heavy atom. The number of fused-ring (bicyclic) bond motifs is 1. The van der Waals surface area contributed by atoms with Crippen molar-refractivity contribution in [2.45, 2.75) is 45.8 Å². The number of nitrogens with one attached hydrogen (secondary N) is 1. The fraction of sp³-hybridized carbons (Fsp3) is 0.320. The molecule has 1 amide bonds. The SMILES string of the molecule is CC(C)c1nc2c(c(=O)n1CC(=O)Nc1ccc(Br)cc1)CCN(Cc1ccccc1)C2. The Balaban J connectivity index is 1.56. The zero-order valence-electron chi connectivity index (χ0n) is 18.3. The molecule has 0 spiro atoms. The van der Waals surface area contributed by atoms with E-state index < -0.39 is 0 Å². The van der Waals surface area contributed by atoms with Gasteiger partial charge in [-0.25, -0.2) is 4.98 Å². The number of carbonyl (C=O) groups is 1. The lowest BCUT2D eigenvalue weighted by molar-refractivity contribution is -0.116. The molecule has 4 rings (SSSR count). The molecule has 1 aliphatic rings. The molecule has 2 aromatic carbocycles. The molecule has 0 atom stereocenters. The van der Waals surface area contributed by atoms with Crippen LogP contribution in [0.5, 0.6) is 0 Å². The molecule has 3 aromatic rings. The predicted molar refractivity (Wildman–Crippen MR) is 130 cm³/mol. The van der Waals surface area contributed by atoms with Crippen LogP contribution in [-0.4, -0.2) is 26.9 Å². The molecule has 0 radical (unpaired) electrons. The van der Waals surface area contributed by atoms with Crippen molar-refractivity contribution in [3.8, 4) is 0 Å². The maximum atomic E-state index is 13.4. The van der Waals surface area contributed by atoms with Crippen molar-refractivity contribution in [1.29, 1.82) is 0 Å². The van der Waals surface area contributed by atoms with Crippen LogP contribution in [-0.2, 0) is 30.8 Å². The fourth-order valence-electron chi connectivity index (χ4n) is 4.05. The summed E-state index contributed by atoms with van der Waals surface area (Å²) in [5.41, 5.74) is 3.42. The average Bonchev–Trinajstić information content (AvgIpc) is 2.77. The number of nitrogens with zero attached hydrogens (tertiary/aromatic N) is 3. The first-order valence-corrected chi connectivity index (χ1v) is 11.6. The Morgan fingerprint density at radius 2 is 1.84 bits per heavy atom. The lowest BCUT2D eigenvalue weighted by Crippen LogP contribution is -2.40. The third-order valence-corrected chi connectivity index (χ3v) is 6.15. The van der Waals surface area contributed by atoms with Gasteiger partial charge in [-0.05, 0) is 36.2 Å². The minimum Gasteiger partial charge on any atom is -0.325 e. The van der Waals surface area contributed by atoms with Gasteiger partial charge >= 0.3 is 0 Å². The molecule has 2 heterocycles. The van der Waals surface area contributed by atoms with E-state index in [2.05, 4.69) is 38.3 Å². The number of benzene rings is 2. The van der Waals surface area contributed by atoms with E-state index in [1.54, 1.807) is 4.57 Å². The summed E-state index contributed by atoms with van der Waals surface area (Å²) < 4.78 is 2.49. The largest absolute Gasteiger partial charge is 0.325 e. The molecule has 0 aliphatic carbocycles. The second kappa shape index (κ2) is 9.79. The number of rotatable bonds is 6. The van der Waals surface area contributed by atoms with Crippen molar-refractivity contribution >= 4 is 27.5 Å². The van der Waals surface area contributed by atoms with Crippen LogP contribution >= 0.6 is 15.9 Å². The minimum absolute atomic E-state index is 0.0259. The van der Waals surface area contributed by atoms with Crippen LogP contribution in [0.25, 0.3) is 0 Å². The van der Waals surface area contributed by atoms with E-state index in [-0.39, 0.29) is 23.9 Å². The molecule has 1 aliphatic heterocycles. The highest BCUT2D eigenvalue weighted by atomic mass is 79.9. The van der Waals surface area contributed by atoms with E-state index in [1.165, 1.54) is 5.56 Å². The molecule has 1 aromatic heterocycles. The Morgan fingerprint density at radius 3 is 2.53 bits per heavy atom. The Hall–Kier alpha value is -2.77. The number of anilines is 1. The molecule has 166 valence electrons. The summed E-state index contributed by atoms with van der Waals surface area (Å²) in [6.07, 6.45) is 0.640. The molecule has 0 bridgehead atoms. The maximum Gasteiger partial charge on any atom is 0.257 e. The van der Waals surface area contributed by atoms with Crippen molar-refractivity contribution in [2.75, 3.05) is 11.9 Å². The molecule has 1 N–H and O–H groups in total. The number of halogens is 1. The molecule has 0 fully saturated rings. The lowest BCUT2D eigenvalue weighted by atomic mass is 10.0. The molecule has 0 saturated heterocycles. The molecule has 0 saturated carbocycles. The highest BCUT2D eigenvalue weighted by Gasteiger charge is 2.25. The van der Waals surface area contributed by atoms with Crippen LogP contribution in [0, 0.1) is 0 Å². The van der Waals surface area contributed by atoms with Crippen LogP contribution < -0.4 is 10.9 Å². The summed E-state index contributed by atoms with van der Waals surface area (Å²) in [7, 11) is 0. The van der Waals surface area contributed by atoms with Gasteiger partial charge in [-0.1, -0.05) is 60.1 Å². The van der Waals surface area contributed by atoms with Crippen LogP contribution in [0.2, 0.25) is 0 Å². The molecular formula is C25H27BrN4O2. The van der Waals surface area contributed by atoms with Crippen molar-refractivity contribution in [1.82, 2.24) is 14.5 Å². The van der Waals surface area contributed by atoms with Gasteiger partial charge in [0.05, 0.1) is 5.69 Å². The third-order valence-electron chi connectivity index (χ3n) is 5.62.